The summed E-state index contributed by atoms with van der Waals surface area (Å²) < 4.78 is 51.3. The van der Waals surface area contributed by atoms with Crippen molar-refractivity contribution in [1.29, 1.82) is 0 Å². The maximum atomic E-state index is 14.0. The fourth-order valence-electron chi connectivity index (χ4n) is 2.64. The van der Waals surface area contributed by atoms with E-state index in [9.17, 15) is 12.8 Å². The molecule has 0 spiro atoms. The third kappa shape index (κ3) is 6.57. The molecule has 1 aromatic carbocycles. The third-order valence-electron chi connectivity index (χ3n) is 4.47. The van der Waals surface area contributed by atoms with E-state index in [0.717, 1.165) is 12.8 Å². The molecule has 1 saturated carbocycles. The maximum Gasteiger partial charge on any atom is 0.216 e. The van der Waals surface area contributed by atoms with E-state index in [1.165, 1.54) is 23.6 Å². The largest absolute Gasteiger partial charge is 0.490 e. The van der Waals surface area contributed by atoms with E-state index in [1.807, 2.05) is 0 Å². The summed E-state index contributed by atoms with van der Waals surface area (Å²) in [4.78, 5) is 0. The summed E-state index contributed by atoms with van der Waals surface area (Å²) in [6.45, 7) is 1.98. The van der Waals surface area contributed by atoms with Crippen LogP contribution in [0.3, 0.4) is 0 Å². The van der Waals surface area contributed by atoms with Crippen LogP contribution in [0.2, 0.25) is 0 Å². The molecular formula is C19H28FNO5S. The van der Waals surface area contributed by atoms with E-state index in [4.69, 9.17) is 14.6 Å². The number of ether oxygens (including phenoxy) is 2. The van der Waals surface area contributed by atoms with Gasteiger partial charge in [-0.2, -0.15) is 4.31 Å². The van der Waals surface area contributed by atoms with Gasteiger partial charge in [-0.25, -0.2) is 12.8 Å². The van der Waals surface area contributed by atoms with Gasteiger partial charge >= 0.3 is 0 Å². The molecule has 1 aliphatic carbocycles. The number of hydrogen-bond donors (Lipinski definition) is 1. The molecule has 6 nitrogen and oxygen atoms in total. The molecule has 1 aliphatic rings. The lowest BCUT2D eigenvalue weighted by atomic mass is 10.1. The Morgan fingerprint density at radius 3 is 2.74 bits per heavy atom. The first-order valence-electron chi connectivity index (χ1n) is 9.05. The van der Waals surface area contributed by atoms with Crippen LogP contribution in [0.15, 0.2) is 30.4 Å². The van der Waals surface area contributed by atoms with E-state index < -0.39 is 21.9 Å². The van der Waals surface area contributed by atoms with Crippen molar-refractivity contribution in [2.45, 2.75) is 32.2 Å². The van der Waals surface area contributed by atoms with Gasteiger partial charge in [-0.15, -0.1) is 0 Å². The molecule has 1 fully saturated rings. The lowest BCUT2D eigenvalue weighted by Crippen LogP contribution is -2.36. The minimum absolute atomic E-state index is 0.108. The number of rotatable bonds is 12. The van der Waals surface area contributed by atoms with Crippen LogP contribution in [0.1, 0.15) is 37.8 Å². The summed E-state index contributed by atoms with van der Waals surface area (Å²) in [7, 11) is -2.18. The maximum absolute atomic E-state index is 14.0. The predicted octanol–water partition coefficient (Wildman–Crippen LogP) is 2.85. The molecule has 0 aromatic heterocycles. The molecular weight excluding hydrogens is 373 g/mol. The van der Waals surface area contributed by atoms with E-state index in [2.05, 4.69) is 0 Å². The number of halogens is 1. The normalized spacial score (nSPS) is 16.2. The molecule has 1 aromatic rings. The SMILES string of the molecule is COCN(C(C)c1ccc(F)c(OCC2CC2)c1)S(=O)(=O)CC/C=C/CO. The van der Waals surface area contributed by atoms with Crippen LogP contribution < -0.4 is 4.74 Å². The number of aliphatic hydroxyl groups excluding tert-OH is 1. The Labute approximate surface area is 160 Å². The Morgan fingerprint density at radius 2 is 2.11 bits per heavy atom. The standard InChI is InChI=1S/C19H28FNO5S/c1-15(21(14-25-2)27(23,24)11-5-3-4-10-22)17-8-9-18(20)19(12-17)26-13-16-6-7-16/h3-4,8-9,12,15-16,22H,5-7,10-11,13-14H2,1-2H3/b4-3+. The summed E-state index contributed by atoms with van der Waals surface area (Å²) in [6, 6.07) is 3.89. The molecule has 0 saturated heterocycles. The highest BCUT2D eigenvalue weighted by Crippen LogP contribution is 2.32. The van der Waals surface area contributed by atoms with Gasteiger partial charge in [-0.05, 0) is 49.8 Å². The van der Waals surface area contributed by atoms with Gasteiger partial charge < -0.3 is 14.6 Å². The Bertz CT molecular complexity index is 734. The van der Waals surface area contributed by atoms with Crippen molar-refractivity contribution in [3.8, 4) is 5.75 Å². The minimum atomic E-state index is -3.61. The Balaban J connectivity index is 2.15. The second kappa shape index (κ2) is 10.2. The summed E-state index contributed by atoms with van der Waals surface area (Å²) in [5.74, 6) is 0.0697. The molecule has 152 valence electrons. The fraction of sp³-hybridized carbons (Fsp3) is 0.579. The summed E-state index contributed by atoms with van der Waals surface area (Å²) in [6.07, 6.45) is 5.61. The van der Waals surface area contributed by atoms with Crippen molar-refractivity contribution in [2.75, 3.05) is 32.8 Å². The van der Waals surface area contributed by atoms with Crippen LogP contribution >= 0.6 is 0 Å². The van der Waals surface area contributed by atoms with Crippen molar-refractivity contribution in [3.63, 3.8) is 0 Å². The van der Waals surface area contributed by atoms with Crippen molar-refractivity contribution in [3.05, 3.63) is 41.7 Å². The number of sulfonamides is 1. The molecule has 27 heavy (non-hydrogen) atoms. The zero-order valence-corrected chi connectivity index (χ0v) is 16.6. The fourth-order valence-corrected chi connectivity index (χ4v) is 4.17. The van der Waals surface area contributed by atoms with Crippen LogP contribution in [0.4, 0.5) is 4.39 Å². The molecule has 8 heteroatoms. The molecule has 0 heterocycles. The first-order valence-corrected chi connectivity index (χ1v) is 10.7. The molecule has 1 N–H and O–H groups in total. The van der Waals surface area contributed by atoms with E-state index in [1.54, 1.807) is 25.1 Å². The highest BCUT2D eigenvalue weighted by Gasteiger charge is 2.28. The average molecular weight is 402 g/mol. The third-order valence-corrected chi connectivity index (χ3v) is 6.36. The zero-order chi connectivity index (χ0) is 19.9. The van der Waals surface area contributed by atoms with Crippen molar-refractivity contribution in [1.82, 2.24) is 4.31 Å². The van der Waals surface area contributed by atoms with Gasteiger partial charge in [0.1, 0.15) is 6.73 Å². The number of methoxy groups -OCH3 is 1. The highest BCUT2D eigenvalue weighted by atomic mass is 32.2. The molecule has 0 radical (unpaired) electrons. The summed E-state index contributed by atoms with van der Waals surface area (Å²) >= 11 is 0. The zero-order valence-electron chi connectivity index (χ0n) is 15.8. The molecule has 2 rings (SSSR count). The number of hydrogen-bond acceptors (Lipinski definition) is 5. The average Bonchev–Trinajstić information content (AvgIpc) is 3.46. The number of aliphatic hydroxyl groups is 1. The Morgan fingerprint density at radius 1 is 1.37 bits per heavy atom. The van der Waals surface area contributed by atoms with Gasteiger partial charge in [0.25, 0.3) is 0 Å². The predicted molar refractivity (Wildman–Crippen MR) is 101 cm³/mol. The van der Waals surface area contributed by atoms with Gasteiger partial charge in [0.15, 0.2) is 11.6 Å². The second-order valence-corrected chi connectivity index (χ2v) is 8.72. The molecule has 0 bridgehead atoms. The topological polar surface area (TPSA) is 76.1 Å². The van der Waals surface area contributed by atoms with E-state index in [-0.39, 0.29) is 31.3 Å². The van der Waals surface area contributed by atoms with Crippen LogP contribution in [0.5, 0.6) is 5.75 Å². The Hall–Kier alpha value is -1.48. The number of allylic oxidation sites excluding steroid dienone is 1. The molecule has 1 atom stereocenters. The first kappa shape index (κ1) is 21.8. The molecule has 1 unspecified atom stereocenters. The Kier molecular flexibility index (Phi) is 8.22. The van der Waals surface area contributed by atoms with E-state index in [0.29, 0.717) is 18.1 Å². The van der Waals surface area contributed by atoms with Gasteiger partial charge in [0.05, 0.1) is 19.0 Å². The first-order chi connectivity index (χ1) is 12.9. The lowest BCUT2D eigenvalue weighted by Gasteiger charge is -2.28. The van der Waals surface area contributed by atoms with Crippen LogP contribution in [0, 0.1) is 11.7 Å². The van der Waals surface area contributed by atoms with Gasteiger partial charge in [-0.1, -0.05) is 18.2 Å². The number of nitrogens with zero attached hydrogens (tertiary/aromatic N) is 1. The van der Waals surface area contributed by atoms with Gasteiger partial charge in [0.2, 0.25) is 10.0 Å². The monoisotopic (exact) mass is 401 g/mol. The van der Waals surface area contributed by atoms with Gasteiger partial charge in [-0.3, -0.25) is 0 Å². The molecule has 0 aliphatic heterocycles. The highest BCUT2D eigenvalue weighted by molar-refractivity contribution is 7.89. The van der Waals surface area contributed by atoms with Crippen molar-refractivity contribution in [2.24, 2.45) is 5.92 Å². The van der Waals surface area contributed by atoms with E-state index >= 15 is 0 Å². The second-order valence-electron chi connectivity index (χ2n) is 6.68. The van der Waals surface area contributed by atoms with Crippen LogP contribution in [-0.2, 0) is 14.8 Å². The van der Waals surface area contributed by atoms with Gasteiger partial charge in [0, 0.05) is 13.2 Å². The quantitative estimate of drug-likeness (QED) is 0.431. The summed E-state index contributed by atoms with van der Waals surface area (Å²) in [5, 5.41) is 8.75. The lowest BCUT2D eigenvalue weighted by molar-refractivity contribution is 0.0974. The smallest absolute Gasteiger partial charge is 0.216 e. The van der Waals surface area contributed by atoms with Crippen LogP contribution in [-0.4, -0.2) is 50.6 Å². The summed E-state index contributed by atoms with van der Waals surface area (Å²) in [5.41, 5.74) is 0.633. The van der Waals surface area contributed by atoms with Crippen LogP contribution in [0.25, 0.3) is 0 Å². The minimum Gasteiger partial charge on any atom is -0.490 e. The number of benzene rings is 1. The van der Waals surface area contributed by atoms with Crippen molar-refractivity contribution < 1.29 is 27.4 Å². The van der Waals surface area contributed by atoms with Crippen molar-refractivity contribution >= 4 is 10.0 Å². The molecule has 0 amide bonds.